The zero-order valence-electron chi connectivity index (χ0n) is 14.0. The highest BCUT2D eigenvalue weighted by atomic mass is 19.4. The summed E-state index contributed by atoms with van der Waals surface area (Å²) in [7, 11) is 0. The Morgan fingerprint density at radius 1 is 1.19 bits per heavy atom. The average Bonchev–Trinajstić information content (AvgIpc) is 2.95. The van der Waals surface area contributed by atoms with E-state index in [2.05, 4.69) is 9.97 Å². The van der Waals surface area contributed by atoms with Gasteiger partial charge in [-0.2, -0.15) is 13.2 Å². The summed E-state index contributed by atoms with van der Waals surface area (Å²) in [6.45, 7) is 1.54. The first-order valence-corrected chi connectivity index (χ1v) is 8.14. The number of aliphatic hydroxyl groups is 1. The lowest BCUT2D eigenvalue weighted by molar-refractivity contribution is -0.263. The fourth-order valence-electron chi connectivity index (χ4n) is 3.17. The summed E-state index contributed by atoms with van der Waals surface area (Å²) in [4.78, 5) is 6.78. The number of benzene rings is 1. The highest BCUT2D eigenvalue weighted by Gasteiger charge is 2.54. The van der Waals surface area contributed by atoms with E-state index in [-0.39, 0.29) is 5.69 Å². The van der Waals surface area contributed by atoms with Crippen LogP contribution in [0.3, 0.4) is 0 Å². The molecule has 3 rings (SSSR count). The summed E-state index contributed by atoms with van der Waals surface area (Å²) in [5.74, 6) is -1.20. The number of fused-ring (bicyclic) bond motifs is 1. The monoisotopic (exact) mass is 366 g/mol. The van der Waals surface area contributed by atoms with Gasteiger partial charge < -0.3 is 10.1 Å². The lowest BCUT2D eigenvalue weighted by Crippen LogP contribution is -2.48. The Labute approximate surface area is 147 Å². The van der Waals surface area contributed by atoms with Gasteiger partial charge in [0.25, 0.3) is 0 Å². The standard InChI is InChI=1S/C19H18F4N2O/c1-12(13-3-2-4-15(20)7-13)9-18(26,19(21,22)23)10-16-8-14-5-6-24-11-17(14)25-16/h2-8,11-12,25-26H,9-10H2,1H3. The van der Waals surface area contributed by atoms with Gasteiger partial charge in [-0.15, -0.1) is 0 Å². The van der Waals surface area contributed by atoms with Crippen LogP contribution in [0.5, 0.6) is 0 Å². The van der Waals surface area contributed by atoms with Crippen LogP contribution in [0.4, 0.5) is 17.6 Å². The molecule has 0 aliphatic carbocycles. The molecule has 3 aromatic rings. The zero-order valence-corrected chi connectivity index (χ0v) is 14.0. The number of H-pyrrole nitrogens is 1. The molecule has 2 atom stereocenters. The van der Waals surface area contributed by atoms with E-state index in [0.717, 1.165) is 5.39 Å². The third kappa shape index (κ3) is 3.72. The smallest absolute Gasteiger partial charge is 0.380 e. The van der Waals surface area contributed by atoms with E-state index in [1.165, 1.54) is 24.4 Å². The summed E-state index contributed by atoms with van der Waals surface area (Å²) in [5, 5.41) is 11.2. The largest absolute Gasteiger partial charge is 0.417 e. The van der Waals surface area contributed by atoms with E-state index in [0.29, 0.717) is 11.1 Å². The maximum absolute atomic E-state index is 13.7. The number of pyridine rings is 1. The maximum Gasteiger partial charge on any atom is 0.417 e. The molecule has 2 N–H and O–H groups in total. The van der Waals surface area contributed by atoms with Crippen molar-refractivity contribution in [3.8, 4) is 0 Å². The predicted octanol–water partition coefficient (Wildman–Crippen LogP) is 4.73. The van der Waals surface area contributed by atoms with Crippen molar-refractivity contribution in [2.75, 3.05) is 0 Å². The highest BCUT2D eigenvalue weighted by molar-refractivity contribution is 5.79. The number of aromatic amines is 1. The summed E-state index contributed by atoms with van der Waals surface area (Å²) < 4.78 is 54.3. The first kappa shape index (κ1) is 18.4. The summed E-state index contributed by atoms with van der Waals surface area (Å²) >= 11 is 0. The molecule has 0 aliphatic rings. The molecule has 0 amide bonds. The van der Waals surface area contributed by atoms with Gasteiger partial charge in [0, 0.05) is 23.7 Å². The number of hydrogen-bond donors (Lipinski definition) is 2. The maximum atomic E-state index is 13.7. The predicted molar refractivity (Wildman–Crippen MR) is 90.2 cm³/mol. The van der Waals surface area contributed by atoms with Crippen molar-refractivity contribution < 1.29 is 22.7 Å². The molecular formula is C19H18F4N2O. The molecule has 0 saturated carbocycles. The number of aromatic nitrogens is 2. The normalized spacial score (nSPS) is 15.8. The molecule has 26 heavy (non-hydrogen) atoms. The minimum Gasteiger partial charge on any atom is -0.380 e. The van der Waals surface area contributed by atoms with Crippen LogP contribution in [0, 0.1) is 5.82 Å². The van der Waals surface area contributed by atoms with Gasteiger partial charge in [0.15, 0.2) is 5.60 Å². The van der Waals surface area contributed by atoms with E-state index in [1.54, 1.807) is 31.3 Å². The van der Waals surface area contributed by atoms with E-state index in [1.807, 2.05) is 0 Å². The molecular weight excluding hydrogens is 348 g/mol. The molecule has 138 valence electrons. The van der Waals surface area contributed by atoms with Gasteiger partial charge in [-0.3, -0.25) is 4.98 Å². The van der Waals surface area contributed by atoms with Crippen molar-refractivity contribution in [2.45, 2.75) is 37.5 Å². The Hall–Kier alpha value is -2.41. The topological polar surface area (TPSA) is 48.9 Å². The van der Waals surface area contributed by atoms with Crippen molar-refractivity contribution in [1.29, 1.82) is 0 Å². The van der Waals surface area contributed by atoms with E-state index in [4.69, 9.17) is 0 Å². The molecule has 0 fully saturated rings. The molecule has 0 radical (unpaired) electrons. The average molecular weight is 366 g/mol. The number of rotatable bonds is 5. The molecule has 0 bridgehead atoms. The number of nitrogens with zero attached hydrogens (tertiary/aromatic N) is 1. The number of hydrogen-bond acceptors (Lipinski definition) is 2. The van der Waals surface area contributed by atoms with Crippen LogP contribution in [0.15, 0.2) is 48.8 Å². The first-order chi connectivity index (χ1) is 12.2. The second-order valence-electron chi connectivity index (χ2n) is 6.62. The molecule has 7 heteroatoms. The third-order valence-electron chi connectivity index (χ3n) is 4.55. The van der Waals surface area contributed by atoms with Gasteiger partial charge in [-0.25, -0.2) is 4.39 Å². The van der Waals surface area contributed by atoms with Crippen LogP contribution in [0.1, 0.15) is 30.5 Å². The Balaban J connectivity index is 1.88. The van der Waals surface area contributed by atoms with Crippen molar-refractivity contribution >= 4 is 10.9 Å². The van der Waals surface area contributed by atoms with Crippen molar-refractivity contribution in [1.82, 2.24) is 9.97 Å². The van der Waals surface area contributed by atoms with Gasteiger partial charge in [-0.05, 0) is 42.2 Å². The van der Waals surface area contributed by atoms with Crippen LogP contribution < -0.4 is 0 Å². The lowest BCUT2D eigenvalue weighted by atomic mass is 9.83. The lowest BCUT2D eigenvalue weighted by Gasteiger charge is -2.32. The van der Waals surface area contributed by atoms with E-state index >= 15 is 0 Å². The Bertz CT molecular complexity index is 873. The molecule has 2 unspecified atom stereocenters. The Morgan fingerprint density at radius 3 is 2.62 bits per heavy atom. The summed E-state index contributed by atoms with van der Waals surface area (Å²) in [5.41, 5.74) is -1.66. The highest BCUT2D eigenvalue weighted by Crippen LogP contribution is 2.40. The molecule has 1 aromatic carbocycles. The number of nitrogens with one attached hydrogen (secondary N) is 1. The van der Waals surface area contributed by atoms with Crippen LogP contribution in [-0.2, 0) is 6.42 Å². The quantitative estimate of drug-likeness (QED) is 0.641. The molecule has 2 aromatic heterocycles. The number of alkyl halides is 3. The van der Waals surface area contributed by atoms with Crippen molar-refractivity contribution in [3.63, 3.8) is 0 Å². The van der Waals surface area contributed by atoms with Crippen molar-refractivity contribution in [2.24, 2.45) is 0 Å². The summed E-state index contributed by atoms with van der Waals surface area (Å²) in [6, 6.07) is 8.66. The second kappa shape index (κ2) is 6.72. The molecule has 3 nitrogen and oxygen atoms in total. The van der Waals surface area contributed by atoms with Crippen LogP contribution in [0.2, 0.25) is 0 Å². The van der Waals surface area contributed by atoms with Gasteiger partial charge in [0.05, 0.1) is 11.7 Å². The van der Waals surface area contributed by atoms with Crippen LogP contribution >= 0.6 is 0 Å². The third-order valence-corrected chi connectivity index (χ3v) is 4.55. The minimum atomic E-state index is -4.83. The van der Waals surface area contributed by atoms with Crippen LogP contribution in [-0.4, -0.2) is 26.9 Å². The first-order valence-electron chi connectivity index (χ1n) is 8.14. The van der Waals surface area contributed by atoms with Gasteiger partial charge in [0.2, 0.25) is 0 Å². The zero-order chi connectivity index (χ0) is 18.9. The second-order valence-corrected chi connectivity index (χ2v) is 6.62. The Morgan fingerprint density at radius 2 is 1.96 bits per heavy atom. The van der Waals surface area contributed by atoms with Gasteiger partial charge >= 0.3 is 6.18 Å². The SMILES string of the molecule is CC(CC(O)(Cc1cc2ccncc2[nH]1)C(F)(F)F)c1cccc(F)c1. The van der Waals surface area contributed by atoms with Crippen LogP contribution in [0.25, 0.3) is 10.9 Å². The van der Waals surface area contributed by atoms with E-state index < -0.39 is 36.4 Å². The van der Waals surface area contributed by atoms with Gasteiger partial charge in [-0.1, -0.05) is 19.1 Å². The molecule has 0 saturated heterocycles. The van der Waals surface area contributed by atoms with Crippen molar-refractivity contribution in [3.05, 3.63) is 65.9 Å². The fraction of sp³-hybridized carbons (Fsp3) is 0.316. The molecule has 2 heterocycles. The Kier molecular flexibility index (Phi) is 4.75. The van der Waals surface area contributed by atoms with E-state index in [9.17, 15) is 22.7 Å². The summed E-state index contributed by atoms with van der Waals surface area (Å²) in [6.07, 6.45) is -2.97. The minimum absolute atomic E-state index is 0.263. The molecule has 0 spiro atoms. The fourth-order valence-corrected chi connectivity index (χ4v) is 3.17. The number of halogens is 4. The molecule has 0 aliphatic heterocycles. The van der Waals surface area contributed by atoms with Gasteiger partial charge in [0.1, 0.15) is 5.82 Å².